The highest BCUT2D eigenvalue weighted by molar-refractivity contribution is 5.91. The molecule has 1 atom stereocenters. The fourth-order valence-electron chi connectivity index (χ4n) is 1.74. The summed E-state index contributed by atoms with van der Waals surface area (Å²) in [5.74, 6) is 1.42. The number of furan rings is 1. The number of β-amino-alcohol motifs (C(OH)–C–C–N with tert-alkyl or cyclic N) is 1. The zero-order valence-corrected chi connectivity index (χ0v) is 9.22. The lowest BCUT2D eigenvalue weighted by Crippen LogP contribution is -2.27. The molecule has 1 amide bonds. The molecule has 0 aromatic carbocycles. The Morgan fingerprint density at radius 2 is 2.44 bits per heavy atom. The Hall–Kier alpha value is -1.55. The maximum absolute atomic E-state index is 11.7. The van der Waals surface area contributed by atoms with Crippen molar-refractivity contribution in [2.24, 2.45) is 0 Å². The minimum Gasteiger partial charge on any atom is -0.462 e. The molecule has 0 radical (unpaired) electrons. The molecule has 1 N–H and O–H groups in total. The lowest BCUT2D eigenvalue weighted by Gasteiger charge is -2.11. The summed E-state index contributed by atoms with van der Waals surface area (Å²) in [7, 11) is 0. The molecule has 0 spiro atoms. The van der Waals surface area contributed by atoms with Crippen molar-refractivity contribution in [2.75, 3.05) is 13.1 Å². The second-order valence-corrected chi connectivity index (χ2v) is 4.01. The molecule has 2 heterocycles. The van der Waals surface area contributed by atoms with Crippen molar-refractivity contribution in [3.63, 3.8) is 0 Å². The quantitative estimate of drug-likeness (QED) is 0.763. The van der Waals surface area contributed by atoms with Gasteiger partial charge in [-0.2, -0.15) is 0 Å². The van der Waals surface area contributed by atoms with Crippen molar-refractivity contribution >= 4 is 12.0 Å². The summed E-state index contributed by atoms with van der Waals surface area (Å²) in [6.07, 6.45) is 3.43. The normalized spacial score (nSPS) is 20.9. The topological polar surface area (TPSA) is 53.7 Å². The number of hydrogen-bond donors (Lipinski definition) is 1. The number of nitrogens with zero attached hydrogens (tertiary/aromatic N) is 1. The van der Waals surface area contributed by atoms with Gasteiger partial charge in [0.1, 0.15) is 11.5 Å². The minimum absolute atomic E-state index is 0.0781. The number of aliphatic hydroxyl groups is 1. The molecule has 0 saturated carbocycles. The zero-order chi connectivity index (χ0) is 11.5. The van der Waals surface area contributed by atoms with Gasteiger partial charge in [0.2, 0.25) is 5.91 Å². The van der Waals surface area contributed by atoms with Crippen LogP contribution in [0, 0.1) is 6.92 Å². The van der Waals surface area contributed by atoms with Gasteiger partial charge in [-0.25, -0.2) is 0 Å². The van der Waals surface area contributed by atoms with Crippen LogP contribution in [-0.4, -0.2) is 35.1 Å². The maximum Gasteiger partial charge on any atom is 0.246 e. The molecule has 0 bridgehead atoms. The van der Waals surface area contributed by atoms with E-state index in [1.165, 1.54) is 6.08 Å². The van der Waals surface area contributed by atoms with Crippen molar-refractivity contribution in [1.82, 2.24) is 4.90 Å². The van der Waals surface area contributed by atoms with Crippen LogP contribution in [0.4, 0.5) is 0 Å². The van der Waals surface area contributed by atoms with Crippen LogP contribution >= 0.6 is 0 Å². The molecule has 1 aromatic heterocycles. The van der Waals surface area contributed by atoms with Crippen LogP contribution in [0.3, 0.4) is 0 Å². The standard InChI is InChI=1S/C12H15NO3/c1-9-2-3-11(16-9)4-5-12(15)13-7-6-10(14)8-13/h2-5,10,14H,6-8H2,1H3/t10-/m0/s1. The minimum atomic E-state index is -0.372. The highest BCUT2D eigenvalue weighted by atomic mass is 16.3. The Kier molecular flexibility index (Phi) is 3.10. The fourth-order valence-corrected chi connectivity index (χ4v) is 1.74. The first-order valence-electron chi connectivity index (χ1n) is 5.36. The van der Waals surface area contributed by atoms with Gasteiger partial charge in [0, 0.05) is 19.2 Å². The van der Waals surface area contributed by atoms with Crippen molar-refractivity contribution in [2.45, 2.75) is 19.4 Å². The van der Waals surface area contributed by atoms with E-state index in [1.807, 2.05) is 19.1 Å². The van der Waals surface area contributed by atoms with Crippen molar-refractivity contribution in [3.8, 4) is 0 Å². The third-order valence-corrected chi connectivity index (χ3v) is 2.63. The van der Waals surface area contributed by atoms with Crippen molar-refractivity contribution in [3.05, 3.63) is 29.7 Å². The number of aliphatic hydroxyl groups excluding tert-OH is 1. The summed E-state index contributed by atoms with van der Waals surface area (Å²) in [4.78, 5) is 13.3. The number of aryl methyl sites for hydroxylation is 1. The molecule has 86 valence electrons. The van der Waals surface area contributed by atoms with Crippen LogP contribution in [-0.2, 0) is 4.79 Å². The Balaban J connectivity index is 1.94. The molecular weight excluding hydrogens is 206 g/mol. The van der Waals surface area contributed by atoms with E-state index >= 15 is 0 Å². The molecule has 1 aromatic rings. The van der Waals surface area contributed by atoms with Gasteiger partial charge in [0.05, 0.1) is 6.10 Å². The lowest BCUT2D eigenvalue weighted by molar-refractivity contribution is -0.125. The summed E-state index contributed by atoms with van der Waals surface area (Å²) < 4.78 is 5.31. The highest BCUT2D eigenvalue weighted by Gasteiger charge is 2.22. The number of rotatable bonds is 2. The summed E-state index contributed by atoms with van der Waals surface area (Å²) >= 11 is 0. The first-order chi connectivity index (χ1) is 7.65. The molecule has 1 saturated heterocycles. The number of carbonyl (C=O) groups is 1. The van der Waals surface area contributed by atoms with E-state index in [-0.39, 0.29) is 12.0 Å². The molecule has 16 heavy (non-hydrogen) atoms. The predicted molar refractivity (Wildman–Crippen MR) is 59.7 cm³/mol. The molecular formula is C12H15NO3. The van der Waals surface area contributed by atoms with Crippen LogP contribution in [0.25, 0.3) is 6.08 Å². The number of carbonyl (C=O) groups excluding carboxylic acids is 1. The van der Waals surface area contributed by atoms with Crippen molar-refractivity contribution < 1.29 is 14.3 Å². The van der Waals surface area contributed by atoms with Gasteiger partial charge in [-0.15, -0.1) is 0 Å². The molecule has 4 heteroatoms. The molecule has 1 aliphatic rings. The summed E-state index contributed by atoms with van der Waals surface area (Å²) in [5.41, 5.74) is 0. The van der Waals surface area contributed by atoms with E-state index in [1.54, 1.807) is 11.0 Å². The van der Waals surface area contributed by atoms with Crippen LogP contribution in [0.2, 0.25) is 0 Å². The average Bonchev–Trinajstić information content (AvgIpc) is 2.84. The van der Waals surface area contributed by atoms with Crippen LogP contribution in [0.15, 0.2) is 22.6 Å². The third kappa shape index (κ3) is 2.52. The van der Waals surface area contributed by atoms with E-state index in [4.69, 9.17) is 4.42 Å². The lowest BCUT2D eigenvalue weighted by atomic mass is 10.3. The van der Waals surface area contributed by atoms with Gasteiger partial charge in [-0.1, -0.05) is 0 Å². The monoisotopic (exact) mass is 221 g/mol. The Morgan fingerprint density at radius 3 is 3.00 bits per heavy atom. The largest absolute Gasteiger partial charge is 0.462 e. The fraction of sp³-hybridized carbons (Fsp3) is 0.417. The van der Waals surface area contributed by atoms with Crippen LogP contribution in [0.1, 0.15) is 17.9 Å². The van der Waals surface area contributed by atoms with E-state index in [0.717, 1.165) is 5.76 Å². The van der Waals surface area contributed by atoms with Gasteiger partial charge in [0.25, 0.3) is 0 Å². The van der Waals surface area contributed by atoms with Gasteiger partial charge in [-0.05, 0) is 31.6 Å². The Bertz CT molecular complexity index is 408. The summed E-state index contributed by atoms with van der Waals surface area (Å²) in [6.45, 7) is 2.91. The molecule has 1 aliphatic heterocycles. The molecule has 2 rings (SSSR count). The smallest absolute Gasteiger partial charge is 0.246 e. The second kappa shape index (κ2) is 4.53. The Labute approximate surface area is 94.2 Å². The molecule has 1 fully saturated rings. The van der Waals surface area contributed by atoms with E-state index < -0.39 is 0 Å². The van der Waals surface area contributed by atoms with Gasteiger partial charge in [0.15, 0.2) is 0 Å². The maximum atomic E-state index is 11.7. The number of hydrogen-bond acceptors (Lipinski definition) is 3. The van der Waals surface area contributed by atoms with E-state index in [2.05, 4.69) is 0 Å². The summed E-state index contributed by atoms with van der Waals surface area (Å²) in [5, 5.41) is 9.30. The van der Waals surface area contributed by atoms with Gasteiger partial charge >= 0.3 is 0 Å². The first kappa shape index (κ1) is 11.0. The third-order valence-electron chi connectivity index (χ3n) is 2.63. The Morgan fingerprint density at radius 1 is 1.62 bits per heavy atom. The van der Waals surface area contributed by atoms with Gasteiger partial charge in [-0.3, -0.25) is 4.79 Å². The molecule has 4 nitrogen and oxygen atoms in total. The van der Waals surface area contributed by atoms with E-state index in [0.29, 0.717) is 25.3 Å². The van der Waals surface area contributed by atoms with E-state index in [9.17, 15) is 9.90 Å². The van der Waals surface area contributed by atoms with Gasteiger partial charge < -0.3 is 14.4 Å². The number of amides is 1. The van der Waals surface area contributed by atoms with Crippen LogP contribution < -0.4 is 0 Å². The molecule has 0 aliphatic carbocycles. The second-order valence-electron chi connectivity index (χ2n) is 4.01. The van der Waals surface area contributed by atoms with Crippen LogP contribution in [0.5, 0.6) is 0 Å². The first-order valence-corrected chi connectivity index (χ1v) is 5.36. The van der Waals surface area contributed by atoms with Crippen molar-refractivity contribution in [1.29, 1.82) is 0 Å². The number of likely N-dealkylation sites (tertiary alicyclic amines) is 1. The highest BCUT2D eigenvalue weighted by Crippen LogP contribution is 2.11. The SMILES string of the molecule is Cc1ccc(C=CC(=O)N2CC[C@H](O)C2)o1. The summed E-state index contributed by atoms with van der Waals surface area (Å²) in [6, 6.07) is 3.67. The predicted octanol–water partition coefficient (Wildman–Crippen LogP) is 1.19. The molecule has 0 unspecified atom stereocenters. The average molecular weight is 221 g/mol. The zero-order valence-electron chi connectivity index (χ0n) is 9.22.